The number of aromatic nitrogens is 2. The summed E-state index contributed by atoms with van der Waals surface area (Å²) in [5, 5.41) is 5.06. The van der Waals surface area contributed by atoms with E-state index in [1.165, 1.54) is 0 Å². The predicted octanol–water partition coefficient (Wildman–Crippen LogP) is 4.79. The van der Waals surface area contributed by atoms with E-state index in [1.807, 2.05) is 78.4 Å². The van der Waals surface area contributed by atoms with Gasteiger partial charge in [-0.2, -0.15) is 0 Å². The van der Waals surface area contributed by atoms with Crippen LogP contribution in [0.4, 0.5) is 0 Å². The lowest BCUT2D eigenvalue weighted by atomic mass is 10.1. The van der Waals surface area contributed by atoms with E-state index in [0.717, 1.165) is 32.3 Å². The van der Waals surface area contributed by atoms with Gasteiger partial charge in [0.1, 0.15) is 11.6 Å². The van der Waals surface area contributed by atoms with E-state index in [2.05, 4.69) is 26.2 Å². The number of rotatable bonds is 6. The molecule has 1 N–H and O–H groups in total. The van der Waals surface area contributed by atoms with Crippen molar-refractivity contribution in [3.8, 4) is 11.4 Å². The number of halogens is 1. The smallest absolute Gasteiger partial charge is 0.258 e. The van der Waals surface area contributed by atoms with E-state index in [9.17, 15) is 4.79 Å². The van der Waals surface area contributed by atoms with E-state index in [0.29, 0.717) is 12.3 Å². The Bertz CT molecular complexity index is 1150. The summed E-state index contributed by atoms with van der Waals surface area (Å²) >= 11 is 3.57. The lowest BCUT2D eigenvalue weighted by molar-refractivity contribution is -0.123. The number of aryl methyl sites for hydroxylation is 1. The predicted molar refractivity (Wildman–Crippen MR) is 117 cm³/mol. The SMILES string of the molecule is Cc1nccn1-c1ccc(CNC(=O)COc2ccc3ccccc3c2Br)cc1. The van der Waals surface area contributed by atoms with Gasteiger partial charge in [-0.3, -0.25) is 4.79 Å². The van der Waals surface area contributed by atoms with Crippen LogP contribution in [0.5, 0.6) is 5.75 Å². The van der Waals surface area contributed by atoms with Gasteiger partial charge >= 0.3 is 0 Å². The maximum Gasteiger partial charge on any atom is 0.258 e. The number of hydrogen-bond donors (Lipinski definition) is 1. The first kappa shape index (κ1) is 19.2. The lowest BCUT2D eigenvalue weighted by Gasteiger charge is -2.11. The fourth-order valence-electron chi connectivity index (χ4n) is 3.15. The van der Waals surface area contributed by atoms with Crippen molar-refractivity contribution in [2.45, 2.75) is 13.5 Å². The van der Waals surface area contributed by atoms with Gasteiger partial charge in [0.15, 0.2) is 6.61 Å². The number of amides is 1. The molecule has 4 aromatic rings. The summed E-state index contributed by atoms with van der Waals surface area (Å²) in [7, 11) is 0. The summed E-state index contributed by atoms with van der Waals surface area (Å²) in [6.45, 7) is 2.37. The first-order valence-corrected chi connectivity index (χ1v) is 10.1. The number of carbonyl (C=O) groups is 1. The number of carbonyl (C=O) groups excluding carboxylic acids is 1. The Hall–Kier alpha value is -3.12. The van der Waals surface area contributed by atoms with Crippen LogP contribution in [-0.2, 0) is 11.3 Å². The molecule has 0 aliphatic carbocycles. The summed E-state index contributed by atoms with van der Waals surface area (Å²) in [4.78, 5) is 16.4. The van der Waals surface area contributed by atoms with Crippen LogP contribution in [0.1, 0.15) is 11.4 Å². The Balaban J connectivity index is 1.32. The molecule has 146 valence electrons. The Morgan fingerprint density at radius 1 is 1.10 bits per heavy atom. The molecule has 0 bridgehead atoms. The highest BCUT2D eigenvalue weighted by molar-refractivity contribution is 9.10. The summed E-state index contributed by atoms with van der Waals surface area (Å²) < 4.78 is 8.57. The summed E-state index contributed by atoms with van der Waals surface area (Å²) in [5.41, 5.74) is 2.06. The van der Waals surface area contributed by atoms with Crippen LogP contribution in [0.3, 0.4) is 0 Å². The molecule has 1 heterocycles. The van der Waals surface area contributed by atoms with E-state index in [-0.39, 0.29) is 12.5 Å². The van der Waals surface area contributed by atoms with Crippen molar-refractivity contribution in [3.63, 3.8) is 0 Å². The van der Waals surface area contributed by atoms with Crippen LogP contribution in [0.2, 0.25) is 0 Å². The first-order valence-electron chi connectivity index (χ1n) is 9.28. The molecule has 4 rings (SSSR count). The quantitative estimate of drug-likeness (QED) is 0.460. The largest absolute Gasteiger partial charge is 0.483 e. The second-order valence-corrected chi connectivity index (χ2v) is 7.47. The van der Waals surface area contributed by atoms with Crippen molar-refractivity contribution in [1.29, 1.82) is 0 Å². The van der Waals surface area contributed by atoms with Crippen LogP contribution >= 0.6 is 15.9 Å². The zero-order valence-electron chi connectivity index (χ0n) is 15.9. The highest BCUT2D eigenvalue weighted by Crippen LogP contribution is 2.32. The average molecular weight is 450 g/mol. The highest BCUT2D eigenvalue weighted by Gasteiger charge is 2.09. The number of imidazole rings is 1. The molecule has 0 saturated heterocycles. The molecule has 6 heteroatoms. The molecular weight excluding hydrogens is 430 g/mol. The minimum absolute atomic E-state index is 0.0384. The van der Waals surface area contributed by atoms with Crippen LogP contribution in [-0.4, -0.2) is 22.1 Å². The van der Waals surface area contributed by atoms with Crippen molar-refractivity contribution >= 4 is 32.6 Å². The van der Waals surface area contributed by atoms with E-state index in [4.69, 9.17) is 4.74 Å². The molecule has 0 aliphatic heterocycles. The van der Waals surface area contributed by atoms with Gasteiger partial charge in [-0.25, -0.2) is 4.98 Å². The van der Waals surface area contributed by atoms with Crippen molar-refractivity contribution in [2.75, 3.05) is 6.61 Å². The number of ether oxygens (including phenoxy) is 1. The van der Waals surface area contributed by atoms with Gasteiger partial charge in [-0.15, -0.1) is 0 Å². The molecule has 0 saturated carbocycles. The molecule has 0 atom stereocenters. The maximum atomic E-state index is 12.2. The van der Waals surface area contributed by atoms with E-state index < -0.39 is 0 Å². The van der Waals surface area contributed by atoms with E-state index >= 15 is 0 Å². The fourth-order valence-corrected chi connectivity index (χ4v) is 3.75. The Labute approximate surface area is 177 Å². The third-order valence-electron chi connectivity index (χ3n) is 4.72. The lowest BCUT2D eigenvalue weighted by Crippen LogP contribution is -2.28. The second-order valence-electron chi connectivity index (χ2n) is 6.68. The van der Waals surface area contributed by atoms with Gasteiger partial charge in [0, 0.05) is 24.6 Å². The van der Waals surface area contributed by atoms with Crippen molar-refractivity contribution in [2.24, 2.45) is 0 Å². The molecule has 29 heavy (non-hydrogen) atoms. The van der Waals surface area contributed by atoms with Crippen molar-refractivity contribution < 1.29 is 9.53 Å². The third kappa shape index (κ3) is 4.32. The van der Waals surface area contributed by atoms with E-state index in [1.54, 1.807) is 6.20 Å². The zero-order chi connectivity index (χ0) is 20.2. The van der Waals surface area contributed by atoms with Crippen LogP contribution < -0.4 is 10.1 Å². The number of nitrogens with one attached hydrogen (secondary N) is 1. The molecule has 0 unspecified atom stereocenters. The molecule has 0 fully saturated rings. The van der Waals surface area contributed by atoms with Crippen LogP contribution in [0, 0.1) is 6.92 Å². The van der Waals surface area contributed by atoms with Gasteiger partial charge < -0.3 is 14.6 Å². The monoisotopic (exact) mass is 449 g/mol. The number of hydrogen-bond acceptors (Lipinski definition) is 3. The zero-order valence-corrected chi connectivity index (χ0v) is 17.5. The van der Waals surface area contributed by atoms with Gasteiger partial charge in [-0.1, -0.05) is 42.5 Å². The number of fused-ring (bicyclic) bond motifs is 1. The number of benzene rings is 3. The first-order chi connectivity index (χ1) is 14.1. The second kappa shape index (κ2) is 8.49. The summed E-state index contributed by atoms with van der Waals surface area (Å²) in [5.74, 6) is 1.42. The van der Waals surface area contributed by atoms with Gasteiger partial charge in [0.2, 0.25) is 0 Å². The average Bonchev–Trinajstić information content (AvgIpc) is 3.18. The fraction of sp³-hybridized carbons (Fsp3) is 0.130. The van der Waals surface area contributed by atoms with Crippen LogP contribution in [0.25, 0.3) is 16.5 Å². The van der Waals surface area contributed by atoms with Crippen molar-refractivity contribution in [1.82, 2.24) is 14.9 Å². The molecule has 0 spiro atoms. The topological polar surface area (TPSA) is 56.2 Å². The minimum atomic E-state index is -0.167. The Morgan fingerprint density at radius 3 is 2.66 bits per heavy atom. The maximum absolute atomic E-state index is 12.2. The van der Waals surface area contributed by atoms with Crippen molar-refractivity contribution in [3.05, 3.63) is 88.9 Å². The molecule has 1 aromatic heterocycles. The Morgan fingerprint density at radius 2 is 1.90 bits per heavy atom. The molecule has 0 aliphatic rings. The molecule has 0 radical (unpaired) electrons. The van der Waals surface area contributed by atoms with Gasteiger partial charge in [0.05, 0.1) is 4.47 Å². The molecule has 1 amide bonds. The minimum Gasteiger partial charge on any atom is -0.483 e. The normalized spacial score (nSPS) is 10.8. The highest BCUT2D eigenvalue weighted by atomic mass is 79.9. The number of nitrogens with zero attached hydrogens (tertiary/aromatic N) is 2. The molecule has 5 nitrogen and oxygen atoms in total. The third-order valence-corrected chi connectivity index (χ3v) is 5.53. The van der Waals surface area contributed by atoms with Crippen LogP contribution in [0.15, 0.2) is 77.5 Å². The standard InChI is InChI=1S/C23H20BrN3O2/c1-16-25-12-13-27(16)19-9-6-17(7-10-19)14-26-22(28)15-29-21-11-8-18-4-2-3-5-20(18)23(21)24/h2-13H,14-15H2,1H3,(H,26,28). The summed E-state index contributed by atoms with van der Waals surface area (Å²) in [6, 6.07) is 19.9. The molecule has 3 aromatic carbocycles. The van der Waals surface area contributed by atoms with Gasteiger partial charge in [-0.05, 0) is 57.4 Å². The molecular formula is C23H20BrN3O2. The summed E-state index contributed by atoms with van der Waals surface area (Å²) in [6.07, 6.45) is 3.70. The van der Waals surface area contributed by atoms with Gasteiger partial charge in [0.25, 0.3) is 5.91 Å². The Kier molecular flexibility index (Phi) is 5.62.